The lowest BCUT2D eigenvalue weighted by atomic mass is 10.0. The van der Waals surface area contributed by atoms with E-state index in [1.807, 2.05) is 6.07 Å². The Morgan fingerprint density at radius 1 is 0.758 bits per heavy atom. The van der Waals surface area contributed by atoms with Gasteiger partial charge in [0.2, 0.25) is 0 Å². The van der Waals surface area contributed by atoms with Gasteiger partial charge in [-0.3, -0.25) is 25.0 Å². The third kappa shape index (κ3) is 4.32. The molecule has 0 bridgehead atoms. The Morgan fingerprint density at radius 3 is 1.97 bits per heavy atom. The summed E-state index contributed by atoms with van der Waals surface area (Å²) in [5.74, 6) is -0.263. The Labute approximate surface area is 189 Å². The van der Waals surface area contributed by atoms with Gasteiger partial charge < -0.3 is 4.57 Å². The predicted molar refractivity (Wildman–Crippen MR) is 127 cm³/mol. The molecule has 0 aliphatic rings. The molecule has 8 nitrogen and oxygen atoms in total. The van der Waals surface area contributed by atoms with Gasteiger partial charge in [-0.15, -0.1) is 0 Å². The van der Waals surface area contributed by atoms with Gasteiger partial charge in [0.15, 0.2) is 5.78 Å². The zero-order chi connectivity index (χ0) is 23.5. The Kier molecular flexibility index (Phi) is 6.17. The number of carbonyl (C=O) groups excluding carboxylic acids is 1. The van der Waals surface area contributed by atoms with E-state index < -0.39 is 9.85 Å². The zero-order valence-electron chi connectivity index (χ0n) is 18.2. The molecule has 0 N–H and O–H groups in total. The Hall–Kier alpha value is -4.07. The molecule has 0 saturated heterocycles. The Bertz CT molecular complexity index is 1370. The molecule has 1 heterocycles. The van der Waals surface area contributed by atoms with Crippen molar-refractivity contribution in [2.45, 2.75) is 39.2 Å². The molecule has 33 heavy (non-hydrogen) atoms. The number of aryl methyl sites for hydroxylation is 1. The molecule has 0 amide bonds. The molecular formula is C25H23N3O5. The second-order valence-corrected chi connectivity index (χ2v) is 8.04. The van der Waals surface area contributed by atoms with Gasteiger partial charge in [0, 0.05) is 63.7 Å². The van der Waals surface area contributed by atoms with Crippen LogP contribution in [-0.2, 0) is 6.54 Å². The molecule has 0 saturated carbocycles. The van der Waals surface area contributed by atoms with Crippen molar-refractivity contribution >= 4 is 39.0 Å². The predicted octanol–water partition coefficient (Wildman–Crippen LogP) is 6.42. The fraction of sp³-hybridized carbons (Fsp3) is 0.240. The number of nitro groups is 2. The zero-order valence-corrected chi connectivity index (χ0v) is 18.2. The largest absolute Gasteiger partial charge is 0.340 e. The van der Waals surface area contributed by atoms with Crippen LogP contribution in [0.4, 0.5) is 11.4 Å². The van der Waals surface area contributed by atoms with Gasteiger partial charge in [-0.2, -0.15) is 0 Å². The Morgan fingerprint density at radius 2 is 1.33 bits per heavy atom. The molecule has 0 aliphatic heterocycles. The topological polar surface area (TPSA) is 108 Å². The molecule has 0 fully saturated rings. The van der Waals surface area contributed by atoms with Crippen LogP contribution in [0, 0.1) is 20.2 Å². The number of hydrogen-bond acceptors (Lipinski definition) is 5. The van der Waals surface area contributed by atoms with Crippen LogP contribution in [0.3, 0.4) is 0 Å². The highest BCUT2D eigenvalue weighted by molar-refractivity contribution is 6.15. The summed E-state index contributed by atoms with van der Waals surface area (Å²) in [5.41, 5.74) is 2.50. The second kappa shape index (κ2) is 9.20. The minimum absolute atomic E-state index is 0.000341. The van der Waals surface area contributed by atoms with E-state index in [0.29, 0.717) is 11.1 Å². The summed E-state index contributed by atoms with van der Waals surface area (Å²) in [5, 5.41) is 23.8. The number of unbranched alkanes of at least 4 members (excludes halogenated alkanes) is 3. The highest BCUT2D eigenvalue weighted by atomic mass is 16.6. The smallest absolute Gasteiger partial charge is 0.270 e. The SMILES string of the molecule is CCCCCCn1c2ccc(C(=O)c3ccc([N+](=O)[O-])cc3)cc2c2cc([N+](=O)[O-])ccc21. The molecule has 168 valence electrons. The van der Waals surface area contributed by atoms with Crippen molar-refractivity contribution in [2.75, 3.05) is 0 Å². The first kappa shape index (κ1) is 22.1. The van der Waals surface area contributed by atoms with Crippen molar-refractivity contribution < 1.29 is 14.6 Å². The number of ketones is 1. The van der Waals surface area contributed by atoms with E-state index in [1.165, 1.54) is 30.3 Å². The molecule has 3 aromatic carbocycles. The van der Waals surface area contributed by atoms with E-state index in [9.17, 15) is 25.0 Å². The summed E-state index contributed by atoms with van der Waals surface area (Å²) in [6, 6.07) is 15.7. The van der Waals surface area contributed by atoms with Crippen molar-refractivity contribution in [3.8, 4) is 0 Å². The van der Waals surface area contributed by atoms with Gasteiger partial charge in [0.1, 0.15) is 0 Å². The normalized spacial score (nSPS) is 11.2. The van der Waals surface area contributed by atoms with Crippen LogP contribution in [0.15, 0.2) is 60.7 Å². The number of rotatable bonds is 9. The van der Waals surface area contributed by atoms with E-state index in [4.69, 9.17) is 0 Å². The summed E-state index contributed by atoms with van der Waals surface area (Å²) in [4.78, 5) is 34.4. The minimum atomic E-state index is -0.511. The van der Waals surface area contributed by atoms with E-state index in [0.717, 1.165) is 54.0 Å². The number of benzene rings is 3. The van der Waals surface area contributed by atoms with Crippen LogP contribution in [0.2, 0.25) is 0 Å². The van der Waals surface area contributed by atoms with Crippen molar-refractivity contribution in [1.29, 1.82) is 0 Å². The number of carbonyl (C=O) groups is 1. The highest BCUT2D eigenvalue weighted by Crippen LogP contribution is 2.33. The molecule has 8 heteroatoms. The molecule has 4 aromatic rings. The number of nitrogens with zero attached hydrogens (tertiary/aromatic N) is 3. The number of aromatic nitrogens is 1. The summed E-state index contributed by atoms with van der Waals surface area (Å²) in [7, 11) is 0. The summed E-state index contributed by atoms with van der Waals surface area (Å²) >= 11 is 0. The fourth-order valence-electron chi connectivity index (χ4n) is 4.19. The van der Waals surface area contributed by atoms with Crippen molar-refractivity contribution in [3.63, 3.8) is 0 Å². The summed E-state index contributed by atoms with van der Waals surface area (Å²) < 4.78 is 2.16. The van der Waals surface area contributed by atoms with Crippen LogP contribution in [0.25, 0.3) is 21.8 Å². The molecule has 1 aromatic heterocycles. The average molecular weight is 445 g/mol. The number of non-ortho nitro benzene ring substituents is 2. The van der Waals surface area contributed by atoms with Gasteiger partial charge >= 0.3 is 0 Å². The van der Waals surface area contributed by atoms with E-state index in [1.54, 1.807) is 24.3 Å². The molecule has 0 spiro atoms. The van der Waals surface area contributed by atoms with Crippen LogP contribution in [0.1, 0.15) is 48.5 Å². The van der Waals surface area contributed by atoms with E-state index in [2.05, 4.69) is 11.5 Å². The molecular weight excluding hydrogens is 422 g/mol. The summed E-state index contributed by atoms with van der Waals surface area (Å²) in [6.45, 7) is 2.94. The van der Waals surface area contributed by atoms with E-state index in [-0.39, 0.29) is 17.2 Å². The number of fused-ring (bicyclic) bond motifs is 3. The first-order chi connectivity index (χ1) is 15.9. The van der Waals surface area contributed by atoms with Crippen molar-refractivity contribution in [1.82, 2.24) is 4.57 Å². The molecule has 0 radical (unpaired) electrons. The average Bonchev–Trinajstić information content (AvgIpc) is 3.13. The van der Waals surface area contributed by atoms with Crippen LogP contribution in [0.5, 0.6) is 0 Å². The van der Waals surface area contributed by atoms with Crippen LogP contribution < -0.4 is 0 Å². The third-order valence-corrected chi connectivity index (χ3v) is 5.90. The lowest BCUT2D eigenvalue weighted by molar-refractivity contribution is -0.385. The first-order valence-corrected chi connectivity index (χ1v) is 10.9. The van der Waals surface area contributed by atoms with Gasteiger partial charge in [-0.25, -0.2) is 0 Å². The highest BCUT2D eigenvalue weighted by Gasteiger charge is 2.18. The maximum Gasteiger partial charge on any atom is 0.270 e. The maximum atomic E-state index is 13.0. The van der Waals surface area contributed by atoms with Gasteiger partial charge in [0.25, 0.3) is 11.4 Å². The number of hydrogen-bond donors (Lipinski definition) is 0. The van der Waals surface area contributed by atoms with Gasteiger partial charge in [-0.1, -0.05) is 26.2 Å². The van der Waals surface area contributed by atoms with Crippen LogP contribution >= 0.6 is 0 Å². The number of nitro benzene ring substituents is 2. The lowest BCUT2D eigenvalue weighted by Crippen LogP contribution is -2.02. The molecule has 0 aliphatic carbocycles. The lowest BCUT2D eigenvalue weighted by Gasteiger charge is -2.08. The molecule has 0 atom stereocenters. The minimum Gasteiger partial charge on any atom is -0.340 e. The fourth-order valence-corrected chi connectivity index (χ4v) is 4.19. The molecule has 4 rings (SSSR count). The van der Waals surface area contributed by atoms with Gasteiger partial charge in [-0.05, 0) is 42.8 Å². The molecule has 0 unspecified atom stereocenters. The maximum absolute atomic E-state index is 13.0. The standard InChI is InChI=1S/C25H23N3O5/c1-2-3-4-5-14-26-23-12-8-18(25(29)17-6-9-19(10-7-17)27(30)31)15-21(23)22-16-20(28(32)33)11-13-24(22)26/h6-13,15-16H,2-5,14H2,1H3. The van der Waals surface area contributed by atoms with Crippen LogP contribution in [-0.4, -0.2) is 20.2 Å². The summed E-state index contributed by atoms with van der Waals surface area (Å²) in [6.07, 6.45) is 4.37. The third-order valence-electron chi connectivity index (χ3n) is 5.90. The van der Waals surface area contributed by atoms with Crippen molar-refractivity contribution in [3.05, 3.63) is 92.0 Å². The van der Waals surface area contributed by atoms with Gasteiger partial charge in [0.05, 0.1) is 9.85 Å². The first-order valence-electron chi connectivity index (χ1n) is 10.9. The quantitative estimate of drug-likeness (QED) is 0.128. The second-order valence-electron chi connectivity index (χ2n) is 8.04. The van der Waals surface area contributed by atoms with Crippen molar-refractivity contribution in [2.24, 2.45) is 0 Å². The Balaban J connectivity index is 1.80. The van der Waals surface area contributed by atoms with E-state index >= 15 is 0 Å². The monoisotopic (exact) mass is 445 g/mol.